The van der Waals surface area contributed by atoms with Crippen molar-refractivity contribution in [3.63, 3.8) is 0 Å². The van der Waals surface area contributed by atoms with Gasteiger partial charge in [-0.15, -0.1) is 0 Å². The molecule has 0 fully saturated rings. The Labute approximate surface area is 314 Å². The summed E-state index contributed by atoms with van der Waals surface area (Å²) in [5, 5.41) is 23.1. The minimum absolute atomic E-state index is 0. The van der Waals surface area contributed by atoms with E-state index in [1.165, 1.54) is 24.3 Å². The molecule has 2 aromatic heterocycles. The molecule has 0 aliphatic carbocycles. The second-order valence-corrected chi connectivity index (χ2v) is 12.0. The second kappa shape index (κ2) is 16.0. The number of nitrogens with zero attached hydrogens (tertiary/aromatic N) is 3. The van der Waals surface area contributed by atoms with Crippen LogP contribution in [0.5, 0.6) is 0 Å². The molecular weight excluding hydrogens is 686 g/mol. The first-order valence-corrected chi connectivity index (χ1v) is 15.6. The van der Waals surface area contributed by atoms with Crippen molar-refractivity contribution < 1.29 is 85.1 Å². The maximum atomic E-state index is 12.2. The number of hydrogen-bond acceptors (Lipinski definition) is 12. The summed E-state index contributed by atoms with van der Waals surface area (Å²) in [5.74, 6) is 0. The van der Waals surface area contributed by atoms with Crippen LogP contribution in [0, 0.1) is 16.2 Å². The van der Waals surface area contributed by atoms with E-state index in [2.05, 4.69) is 44.9 Å². The van der Waals surface area contributed by atoms with Crippen LogP contribution in [0.25, 0.3) is 12.2 Å². The van der Waals surface area contributed by atoms with Crippen LogP contribution in [0.4, 0.5) is 17.1 Å². The molecule has 0 saturated carbocycles. The van der Waals surface area contributed by atoms with Gasteiger partial charge in [0.1, 0.15) is 20.2 Å². The molecule has 18 nitrogen and oxygen atoms in total. The Morgan fingerprint density at radius 1 is 0.521 bits per heavy atom. The molecule has 9 N–H and O–H groups in total. The van der Waals surface area contributed by atoms with E-state index in [-0.39, 0.29) is 115 Å². The van der Waals surface area contributed by atoms with Gasteiger partial charge in [0.15, 0.2) is 0 Å². The van der Waals surface area contributed by atoms with Crippen molar-refractivity contribution in [2.24, 2.45) is 15.0 Å². The first-order valence-electron chi connectivity index (χ1n) is 12.8. The minimum atomic E-state index is -5.08. The van der Waals surface area contributed by atoms with Gasteiger partial charge in [0.2, 0.25) is 33.7 Å². The second-order valence-electron chi connectivity index (χ2n) is 9.28. The van der Waals surface area contributed by atoms with Crippen LogP contribution in [-0.2, 0) is 20.2 Å². The molecule has 0 spiro atoms. The molecule has 0 aliphatic heterocycles. The summed E-state index contributed by atoms with van der Waals surface area (Å²) in [6, 6.07) is 16.0. The quantitative estimate of drug-likeness (QED) is 0.0450. The van der Waals surface area contributed by atoms with Crippen molar-refractivity contribution in [2.75, 3.05) is 0 Å². The van der Waals surface area contributed by atoms with Crippen molar-refractivity contribution in [1.29, 1.82) is 16.2 Å². The molecule has 48 heavy (non-hydrogen) atoms. The Bertz CT molecular complexity index is 2590. The summed E-state index contributed by atoms with van der Waals surface area (Å²) in [6.07, 6.45) is 2.30. The van der Waals surface area contributed by atoms with Crippen LogP contribution in [0.3, 0.4) is 0 Å². The van der Waals surface area contributed by atoms with Crippen LogP contribution in [0.15, 0.2) is 91.5 Å². The first kappa shape index (κ1) is 38.5. The Morgan fingerprint density at radius 2 is 0.896 bits per heavy atom. The van der Waals surface area contributed by atoms with Gasteiger partial charge in [0.05, 0.1) is 26.9 Å². The van der Waals surface area contributed by atoms with Gasteiger partial charge >= 0.3 is 59.1 Å². The van der Waals surface area contributed by atoms with Crippen molar-refractivity contribution >= 4 is 49.5 Å². The molecule has 3 aromatic carbocycles. The number of H-pyrrole nitrogens is 6. The normalized spacial score (nSPS) is 12.4. The van der Waals surface area contributed by atoms with E-state index >= 15 is 0 Å². The standard InChI is InChI=1S/C26H24N12O6S2.2Na/c27-21-33-22(28)35-24(34-21)31-17-10-8-14(19(12-17)45(39,40)41)6-7-15-9-11-18(13-20(15)46(42,43)44)32-26-37-23(29)36-25(38-26)30-16-4-2-1-3-5-16;;/h1-13H,(H,39,40,41)(H,42,43,44)(H5,27,28,31,33,34,35)(H4,29,30,32,36,37,38);;/q;2*+1/p-2/b7-6+;;. The van der Waals surface area contributed by atoms with E-state index in [1.807, 2.05) is 6.07 Å². The third-order valence-corrected chi connectivity index (χ3v) is 7.70. The van der Waals surface area contributed by atoms with Gasteiger partial charge in [0, 0.05) is 0 Å². The van der Waals surface area contributed by atoms with Gasteiger partial charge in [-0.25, -0.2) is 31.8 Å². The molecule has 0 unspecified atom stereocenters. The topological polar surface area (TPSA) is 318 Å². The summed E-state index contributed by atoms with van der Waals surface area (Å²) in [4.78, 5) is 26.7. The van der Waals surface area contributed by atoms with Gasteiger partial charge in [-0.2, -0.15) is 0 Å². The Balaban J connectivity index is 0.00000312. The number of para-hydroxylation sites is 1. The molecule has 0 aliphatic rings. The van der Waals surface area contributed by atoms with Crippen molar-refractivity contribution in [3.8, 4) is 0 Å². The molecule has 22 heteroatoms. The molecule has 2 heterocycles. The van der Waals surface area contributed by atoms with Crippen LogP contribution in [-0.4, -0.2) is 55.8 Å². The van der Waals surface area contributed by atoms with Crippen molar-refractivity contribution in [2.45, 2.75) is 9.79 Å². The molecule has 0 saturated heterocycles. The Hall–Kier alpha value is -3.96. The molecule has 0 amide bonds. The predicted octanol–water partition coefficient (Wildman–Crippen LogP) is -6.22. The van der Waals surface area contributed by atoms with Crippen LogP contribution in [0.2, 0.25) is 0 Å². The monoisotopic (exact) mass is 708 g/mol. The SMILES string of the molecule is N=c1[nH]c(=N)[nH]c(=Nc2ccc(/C=C/c3ccc(N=c4[nH]c(=N)[nH]c(=Nc5ccccc5)[nH]4)cc3S(=O)(=O)[O-])c(S(=O)(=O)[O-])c2)[nH]1.[Na+].[Na+]. The molecule has 236 valence electrons. The van der Waals surface area contributed by atoms with E-state index in [1.54, 1.807) is 24.3 Å². The summed E-state index contributed by atoms with van der Waals surface area (Å²) in [6.45, 7) is 0. The largest absolute Gasteiger partial charge is 1.00 e. The van der Waals surface area contributed by atoms with Crippen LogP contribution >= 0.6 is 0 Å². The fourth-order valence-corrected chi connectivity index (χ4v) is 5.41. The van der Waals surface area contributed by atoms with E-state index < -0.39 is 30.0 Å². The van der Waals surface area contributed by atoms with E-state index in [4.69, 9.17) is 16.2 Å². The molecule has 0 radical (unpaired) electrons. The smallest absolute Gasteiger partial charge is 0.744 e. The summed E-state index contributed by atoms with van der Waals surface area (Å²) in [7, 11) is -10.1. The Kier molecular flexibility index (Phi) is 12.8. The molecule has 0 atom stereocenters. The summed E-state index contributed by atoms with van der Waals surface area (Å²) >= 11 is 0. The number of rotatable bonds is 7. The van der Waals surface area contributed by atoms with E-state index in [9.17, 15) is 25.9 Å². The summed E-state index contributed by atoms with van der Waals surface area (Å²) in [5.41, 5.74) is -0.269. The van der Waals surface area contributed by atoms with Crippen LogP contribution < -0.4 is 92.8 Å². The van der Waals surface area contributed by atoms with Crippen molar-refractivity contribution in [3.05, 3.63) is 112 Å². The maximum Gasteiger partial charge on any atom is 1.00 e. The van der Waals surface area contributed by atoms with Gasteiger partial charge in [0.25, 0.3) is 0 Å². The molecular formula is C26H22N12Na2O6S2. The van der Waals surface area contributed by atoms with Gasteiger partial charge in [-0.05, 0) is 47.5 Å². The van der Waals surface area contributed by atoms with Gasteiger partial charge in [-0.1, -0.05) is 42.5 Å². The Morgan fingerprint density at radius 3 is 1.31 bits per heavy atom. The fourth-order valence-electron chi connectivity index (χ4n) is 4.03. The number of hydrogen-bond donors (Lipinski definition) is 9. The third kappa shape index (κ3) is 10.3. The van der Waals surface area contributed by atoms with Gasteiger partial charge < -0.3 is 9.11 Å². The number of aromatic nitrogens is 6. The number of nitrogens with one attached hydrogen (secondary N) is 9. The van der Waals surface area contributed by atoms with Gasteiger partial charge in [-0.3, -0.25) is 46.1 Å². The molecule has 5 rings (SSSR count). The fraction of sp³-hybridized carbons (Fsp3) is 0. The number of aromatic amines is 6. The van der Waals surface area contributed by atoms with Crippen molar-refractivity contribution in [1.82, 2.24) is 29.9 Å². The first-order chi connectivity index (χ1) is 21.7. The maximum absolute atomic E-state index is 12.2. The number of benzene rings is 3. The van der Waals surface area contributed by atoms with E-state index in [0.717, 1.165) is 24.3 Å². The zero-order valence-electron chi connectivity index (χ0n) is 25.1. The minimum Gasteiger partial charge on any atom is -0.744 e. The zero-order chi connectivity index (χ0) is 33.1. The molecule has 5 aromatic rings. The zero-order valence-corrected chi connectivity index (χ0v) is 30.7. The summed E-state index contributed by atoms with van der Waals surface area (Å²) < 4.78 is 72.8. The average Bonchev–Trinajstić information content (AvgIpc) is 2.95. The van der Waals surface area contributed by atoms with E-state index in [0.29, 0.717) is 5.69 Å². The predicted molar refractivity (Wildman–Crippen MR) is 156 cm³/mol. The average molecular weight is 709 g/mol. The third-order valence-electron chi connectivity index (χ3n) is 5.91. The molecule has 0 bridgehead atoms. The van der Waals surface area contributed by atoms with Crippen LogP contribution in [0.1, 0.15) is 11.1 Å².